The van der Waals surface area contributed by atoms with Crippen LogP contribution in [0.5, 0.6) is 0 Å². The average Bonchev–Trinajstić information content (AvgIpc) is 2.51. The van der Waals surface area contributed by atoms with Gasteiger partial charge in [-0.05, 0) is 25.2 Å². The number of nitrogens with two attached hydrogens (primary N) is 1. The summed E-state index contributed by atoms with van der Waals surface area (Å²) in [7, 11) is 2.12. The van der Waals surface area contributed by atoms with E-state index in [1.54, 1.807) is 0 Å². The maximum atomic E-state index is 6.26. The number of hydrogen-bond donors (Lipinski definition) is 2. The highest BCUT2D eigenvalue weighted by Gasteiger charge is 2.19. The first kappa shape index (κ1) is 14.9. The molecule has 1 fully saturated rings. The van der Waals surface area contributed by atoms with Crippen LogP contribution in [0.3, 0.4) is 0 Å². The van der Waals surface area contributed by atoms with Crippen molar-refractivity contribution in [3.8, 4) is 0 Å². The standard InChI is InChI=1S/C15H19ClN6/c1-21-5-7-22(8-6-21)15-13(17)14(18-10-19-15)20-12-4-2-3-11(16)9-12/h2-4,9-10H,5-8,17H2,1H3,(H,18,19,20). The molecule has 0 bridgehead atoms. The van der Waals surface area contributed by atoms with Gasteiger partial charge in [-0.1, -0.05) is 17.7 Å². The van der Waals surface area contributed by atoms with Crippen molar-refractivity contribution in [1.82, 2.24) is 14.9 Å². The van der Waals surface area contributed by atoms with Crippen molar-refractivity contribution in [2.45, 2.75) is 0 Å². The van der Waals surface area contributed by atoms with Gasteiger partial charge < -0.3 is 20.9 Å². The third kappa shape index (κ3) is 3.23. The minimum absolute atomic E-state index is 0.562. The molecule has 0 atom stereocenters. The molecule has 116 valence electrons. The number of hydrogen-bond acceptors (Lipinski definition) is 6. The molecule has 0 radical (unpaired) electrons. The third-order valence-corrected chi connectivity index (χ3v) is 3.99. The van der Waals surface area contributed by atoms with Gasteiger partial charge in [-0.2, -0.15) is 0 Å². The van der Waals surface area contributed by atoms with Crippen LogP contribution in [0, 0.1) is 0 Å². The molecule has 22 heavy (non-hydrogen) atoms. The first-order valence-corrected chi connectivity index (χ1v) is 7.58. The highest BCUT2D eigenvalue weighted by molar-refractivity contribution is 6.30. The van der Waals surface area contributed by atoms with Gasteiger partial charge in [0.25, 0.3) is 0 Å². The number of rotatable bonds is 3. The Bertz CT molecular complexity index is 654. The fraction of sp³-hybridized carbons (Fsp3) is 0.333. The van der Waals surface area contributed by atoms with Gasteiger partial charge >= 0.3 is 0 Å². The first-order valence-electron chi connectivity index (χ1n) is 7.20. The van der Waals surface area contributed by atoms with Crippen molar-refractivity contribution in [3.63, 3.8) is 0 Å². The van der Waals surface area contributed by atoms with Crippen LogP contribution in [0.1, 0.15) is 0 Å². The summed E-state index contributed by atoms with van der Waals surface area (Å²) >= 11 is 6.00. The van der Waals surface area contributed by atoms with E-state index in [-0.39, 0.29) is 0 Å². The molecular formula is C15H19ClN6. The lowest BCUT2D eigenvalue weighted by molar-refractivity contribution is 0.312. The molecule has 2 heterocycles. The molecule has 3 rings (SSSR count). The number of anilines is 4. The van der Waals surface area contributed by atoms with Crippen molar-refractivity contribution >= 4 is 34.6 Å². The van der Waals surface area contributed by atoms with Crippen LogP contribution < -0.4 is 16.0 Å². The summed E-state index contributed by atoms with van der Waals surface area (Å²) < 4.78 is 0. The van der Waals surface area contributed by atoms with Gasteiger partial charge in [0.05, 0.1) is 0 Å². The number of halogens is 1. The molecular weight excluding hydrogens is 300 g/mol. The summed E-state index contributed by atoms with van der Waals surface area (Å²) in [6, 6.07) is 7.46. The van der Waals surface area contributed by atoms with Crippen molar-refractivity contribution in [2.24, 2.45) is 0 Å². The molecule has 0 aliphatic carbocycles. The maximum absolute atomic E-state index is 6.26. The molecule has 1 saturated heterocycles. The summed E-state index contributed by atoms with van der Waals surface area (Å²) in [4.78, 5) is 13.1. The number of likely N-dealkylation sites (N-methyl/N-ethyl adjacent to an activating group) is 1. The van der Waals surface area contributed by atoms with E-state index in [0.29, 0.717) is 16.5 Å². The second-order valence-corrected chi connectivity index (χ2v) is 5.82. The van der Waals surface area contributed by atoms with Crippen molar-refractivity contribution in [1.29, 1.82) is 0 Å². The number of piperazine rings is 1. The Balaban J connectivity index is 1.83. The third-order valence-electron chi connectivity index (χ3n) is 3.75. The molecule has 0 unspecified atom stereocenters. The van der Waals surface area contributed by atoms with E-state index in [4.69, 9.17) is 17.3 Å². The Hall–Kier alpha value is -2.05. The maximum Gasteiger partial charge on any atom is 0.159 e. The molecule has 0 spiro atoms. The number of nitrogen functional groups attached to an aromatic ring is 1. The summed E-state index contributed by atoms with van der Waals surface area (Å²) in [6.45, 7) is 3.82. The highest BCUT2D eigenvalue weighted by atomic mass is 35.5. The molecule has 2 aromatic rings. The zero-order valence-corrected chi connectivity index (χ0v) is 13.2. The van der Waals surface area contributed by atoms with Gasteiger partial charge in [0, 0.05) is 36.9 Å². The smallest absolute Gasteiger partial charge is 0.159 e. The van der Waals surface area contributed by atoms with Crippen LogP contribution in [0.15, 0.2) is 30.6 Å². The Morgan fingerprint density at radius 1 is 1.18 bits per heavy atom. The number of aromatic nitrogens is 2. The zero-order valence-electron chi connectivity index (χ0n) is 12.5. The first-order chi connectivity index (χ1) is 10.6. The molecule has 3 N–H and O–H groups in total. The van der Waals surface area contributed by atoms with E-state index < -0.39 is 0 Å². The molecule has 1 aliphatic rings. The monoisotopic (exact) mass is 318 g/mol. The predicted octanol–water partition coefficient (Wildman–Crippen LogP) is 2.21. The number of benzene rings is 1. The van der Waals surface area contributed by atoms with Gasteiger partial charge in [0.2, 0.25) is 0 Å². The van der Waals surface area contributed by atoms with E-state index in [1.807, 2.05) is 24.3 Å². The van der Waals surface area contributed by atoms with Crippen LogP contribution in [0.2, 0.25) is 5.02 Å². The number of nitrogens with one attached hydrogen (secondary N) is 1. The minimum Gasteiger partial charge on any atom is -0.393 e. The van der Waals surface area contributed by atoms with Gasteiger partial charge in [0.15, 0.2) is 11.6 Å². The molecule has 1 aliphatic heterocycles. The van der Waals surface area contributed by atoms with Gasteiger partial charge in [-0.15, -0.1) is 0 Å². The largest absolute Gasteiger partial charge is 0.393 e. The highest BCUT2D eigenvalue weighted by Crippen LogP contribution is 2.29. The Morgan fingerprint density at radius 3 is 2.68 bits per heavy atom. The molecule has 1 aromatic heterocycles. The van der Waals surface area contributed by atoms with Crippen molar-refractivity contribution < 1.29 is 0 Å². The summed E-state index contributed by atoms with van der Waals surface area (Å²) in [6.07, 6.45) is 1.54. The lowest BCUT2D eigenvalue weighted by Crippen LogP contribution is -2.45. The van der Waals surface area contributed by atoms with E-state index in [1.165, 1.54) is 6.33 Å². The summed E-state index contributed by atoms with van der Waals surface area (Å²) in [5.41, 5.74) is 7.67. The second-order valence-electron chi connectivity index (χ2n) is 5.39. The Morgan fingerprint density at radius 2 is 1.95 bits per heavy atom. The van der Waals surface area contributed by atoms with Gasteiger partial charge in [0.1, 0.15) is 12.0 Å². The van der Waals surface area contributed by atoms with Gasteiger partial charge in [-0.3, -0.25) is 0 Å². The predicted molar refractivity (Wildman–Crippen MR) is 90.9 cm³/mol. The molecule has 1 aromatic carbocycles. The Kier molecular flexibility index (Phi) is 4.31. The topological polar surface area (TPSA) is 70.3 Å². The fourth-order valence-electron chi connectivity index (χ4n) is 2.46. The second kappa shape index (κ2) is 6.37. The summed E-state index contributed by atoms with van der Waals surface area (Å²) in [5, 5.41) is 3.87. The van der Waals surface area contributed by atoms with Crippen molar-refractivity contribution in [2.75, 3.05) is 49.2 Å². The average molecular weight is 319 g/mol. The fourth-order valence-corrected chi connectivity index (χ4v) is 2.65. The van der Waals surface area contributed by atoms with E-state index in [9.17, 15) is 0 Å². The van der Waals surface area contributed by atoms with Crippen LogP contribution in [0.25, 0.3) is 0 Å². The molecule has 7 heteroatoms. The number of nitrogens with zero attached hydrogens (tertiary/aromatic N) is 4. The van der Waals surface area contributed by atoms with Crippen LogP contribution >= 0.6 is 11.6 Å². The van der Waals surface area contributed by atoms with Crippen molar-refractivity contribution in [3.05, 3.63) is 35.6 Å². The van der Waals surface area contributed by atoms with Gasteiger partial charge in [-0.25, -0.2) is 9.97 Å². The lowest BCUT2D eigenvalue weighted by Gasteiger charge is -2.33. The normalized spacial score (nSPS) is 15.8. The van der Waals surface area contributed by atoms with Crippen LogP contribution in [-0.4, -0.2) is 48.1 Å². The van der Waals surface area contributed by atoms with Crippen LogP contribution in [0.4, 0.5) is 23.0 Å². The molecule has 0 saturated carbocycles. The lowest BCUT2D eigenvalue weighted by atomic mass is 10.3. The SMILES string of the molecule is CN1CCN(c2ncnc(Nc3cccc(Cl)c3)c2N)CC1. The zero-order chi connectivity index (χ0) is 15.5. The molecule has 6 nitrogen and oxygen atoms in total. The minimum atomic E-state index is 0.562. The van der Waals surface area contributed by atoms with Crippen LogP contribution in [-0.2, 0) is 0 Å². The quantitative estimate of drug-likeness (QED) is 0.904. The van der Waals surface area contributed by atoms with E-state index >= 15 is 0 Å². The van der Waals surface area contributed by atoms with E-state index in [2.05, 4.69) is 32.1 Å². The summed E-state index contributed by atoms with van der Waals surface area (Å²) in [5.74, 6) is 1.39. The Labute approximate surface area is 134 Å². The molecule has 0 amide bonds. The van der Waals surface area contributed by atoms with E-state index in [0.717, 1.165) is 37.7 Å².